The second-order valence-electron chi connectivity index (χ2n) is 4.14. The van der Waals surface area contributed by atoms with Crippen molar-refractivity contribution in [3.8, 4) is 11.8 Å². The van der Waals surface area contributed by atoms with E-state index in [1.165, 1.54) is 14.2 Å². The molecule has 0 spiro atoms. The molecule has 0 radical (unpaired) electrons. The van der Waals surface area contributed by atoms with Gasteiger partial charge in [-0.3, -0.25) is 0 Å². The highest BCUT2D eigenvalue weighted by molar-refractivity contribution is 5.89. The molecule has 0 heterocycles. The molecule has 0 unspecified atom stereocenters. The molecule has 0 bridgehead atoms. The summed E-state index contributed by atoms with van der Waals surface area (Å²) in [6.45, 7) is 2.00. The lowest BCUT2D eigenvalue weighted by molar-refractivity contribution is 0.0111. The van der Waals surface area contributed by atoms with Gasteiger partial charge in [-0.2, -0.15) is 0 Å². The van der Waals surface area contributed by atoms with Crippen molar-refractivity contribution in [2.75, 3.05) is 20.8 Å². The minimum atomic E-state index is -1.14. The van der Waals surface area contributed by atoms with E-state index >= 15 is 0 Å². The summed E-state index contributed by atoms with van der Waals surface area (Å²) >= 11 is 0. The van der Waals surface area contributed by atoms with E-state index in [4.69, 9.17) is 4.74 Å². The number of carbonyl (C=O) groups excluding carboxylic acids is 1. The fourth-order valence-corrected chi connectivity index (χ4v) is 1.46. The maximum absolute atomic E-state index is 11.3. The molecule has 0 fully saturated rings. The molecule has 0 saturated heterocycles. The highest BCUT2D eigenvalue weighted by Gasteiger charge is 2.21. The molecule has 1 N–H and O–H groups in total. The number of methoxy groups -OCH3 is 2. The van der Waals surface area contributed by atoms with Crippen molar-refractivity contribution in [2.24, 2.45) is 0 Å². The van der Waals surface area contributed by atoms with Gasteiger partial charge in [-0.15, -0.1) is 0 Å². The first-order chi connectivity index (χ1) is 9.04. The summed E-state index contributed by atoms with van der Waals surface area (Å²) < 4.78 is 9.55. The summed E-state index contributed by atoms with van der Waals surface area (Å²) in [7, 11) is 2.86. The van der Waals surface area contributed by atoms with Crippen LogP contribution in [-0.2, 0) is 9.47 Å². The number of hydrogen-bond donors (Lipinski definition) is 1. The second kappa shape index (κ2) is 6.93. The van der Waals surface area contributed by atoms with E-state index in [9.17, 15) is 9.90 Å². The first-order valence-electron chi connectivity index (χ1n) is 5.97. The van der Waals surface area contributed by atoms with E-state index < -0.39 is 5.60 Å². The quantitative estimate of drug-likeness (QED) is 0.661. The van der Waals surface area contributed by atoms with Gasteiger partial charge in [0.1, 0.15) is 5.60 Å². The van der Waals surface area contributed by atoms with Crippen molar-refractivity contribution in [1.29, 1.82) is 0 Å². The normalized spacial score (nSPS) is 13.1. The van der Waals surface area contributed by atoms with Gasteiger partial charge >= 0.3 is 5.97 Å². The lowest BCUT2D eigenvalue weighted by atomic mass is 10.0. The molecule has 4 heteroatoms. The van der Waals surface area contributed by atoms with E-state index in [-0.39, 0.29) is 12.6 Å². The lowest BCUT2D eigenvalue weighted by Crippen LogP contribution is -2.31. The lowest BCUT2D eigenvalue weighted by Gasteiger charge is -2.18. The van der Waals surface area contributed by atoms with Gasteiger partial charge in [0.15, 0.2) is 0 Å². The highest BCUT2D eigenvalue weighted by Crippen LogP contribution is 2.10. The SMILES string of the molecule is CC[C@](O)(C#Cc1ccc(C(=O)OC)cc1)COC. The van der Waals surface area contributed by atoms with Crippen LogP contribution in [0.2, 0.25) is 0 Å². The molecule has 4 nitrogen and oxygen atoms in total. The van der Waals surface area contributed by atoms with Gasteiger partial charge in [-0.05, 0) is 30.7 Å². The van der Waals surface area contributed by atoms with Crippen LogP contribution >= 0.6 is 0 Å². The largest absolute Gasteiger partial charge is 0.465 e. The second-order valence-corrected chi connectivity index (χ2v) is 4.14. The average Bonchev–Trinajstić information content (AvgIpc) is 2.45. The predicted octanol–water partition coefficient (Wildman–Crippen LogP) is 1.61. The Morgan fingerprint density at radius 1 is 1.32 bits per heavy atom. The van der Waals surface area contributed by atoms with E-state index in [1.807, 2.05) is 6.92 Å². The number of ether oxygens (including phenoxy) is 2. The van der Waals surface area contributed by atoms with Crippen LogP contribution in [0, 0.1) is 11.8 Å². The third kappa shape index (κ3) is 4.40. The van der Waals surface area contributed by atoms with Gasteiger partial charge < -0.3 is 14.6 Å². The Morgan fingerprint density at radius 2 is 1.95 bits per heavy atom. The number of esters is 1. The minimum Gasteiger partial charge on any atom is -0.465 e. The van der Waals surface area contributed by atoms with Crippen LogP contribution in [-0.4, -0.2) is 37.5 Å². The summed E-state index contributed by atoms with van der Waals surface area (Å²) in [6, 6.07) is 6.69. The molecule has 19 heavy (non-hydrogen) atoms. The average molecular weight is 262 g/mol. The molecule has 102 valence electrons. The smallest absolute Gasteiger partial charge is 0.337 e. The number of aliphatic hydroxyl groups is 1. The molecule has 1 aromatic rings. The minimum absolute atomic E-state index is 0.163. The Bertz CT molecular complexity index is 481. The molecule has 0 aliphatic carbocycles. The molecular formula is C15H18O4. The third-order valence-corrected chi connectivity index (χ3v) is 2.71. The number of hydrogen-bond acceptors (Lipinski definition) is 4. The Balaban J connectivity index is 2.86. The molecule has 0 aromatic heterocycles. The Kier molecular flexibility index (Phi) is 5.56. The summed E-state index contributed by atoms with van der Waals surface area (Å²) in [6.07, 6.45) is 0.480. The standard InChI is InChI=1S/C15H18O4/c1-4-15(17,11-18-2)10-9-12-5-7-13(8-6-12)14(16)19-3/h5-8,17H,4,11H2,1-3H3/t15-/m0/s1. The fourth-order valence-electron chi connectivity index (χ4n) is 1.46. The Labute approximate surface area is 113 Å². The summed E-state index contributed by atoms with van der Waals surface area (Å²) in [4.78, 5) is 11.3. The molecular weight excluding hydrogens is 244 g/mol. The Morgan fingerprint density at radius 3 is 2.42 bits per heavy atom. The van der Waals surface area contributed by atoms with Crippen molar-refractivity contribution in [3.63, 3.8) is 0 Å². The van der Waals surface area contributed by atoms with E-state index in [0.29, 0.717) is 12.0 Å². The maximum Gasteiger partial charge on any atom is 0.337 e. The highest BCUT2D eigenvalue weighted by atomic mass is 16.5. The number of carbonyl (C=O) groups is 1. The van der Waals surface area contributed by atoms with Crippen LogP contribution in [0.15, 0.2) is 24.3 Å². The molecule has 1 rings (SSSR count). The first kappa shape index (κ1) is 15.2. The molecule has 1 aromatic carbocycles. The third-order valence-electron chi connectivity index (χ3n) is 2.71. The Hall–Kier alpha value is -1.83. The van der Waals surface area contributed by atoms with Gasteiger partial charge in [-0.1, -0.05) is 18.8 Å². The van der Waals surface area contributed by atoms with Crippen molar-refractivity contribution >= 4 is 5.97 Å². The fraction of sp³-hybridized carbons (Fsp3) is 0.400. The summed E-state index contributed by atoms with van der Waals surface area (Å²) in [5.41, 5.74) is 0.0433. The predicted molar refractivity (Wildman–Crippen MR) is 71.8 cm³/mol. The summed E-state index contributed by atoms with van der Waals surface area (Å²) in [5, 5.41) is 10.1. The van der Waals surface area contributed by atoms with Gasteiger partial charge in [0.25, 0.3) is 0 Å². The molecule has 0 aliphatic heterocycles. The first-order valence-corrected chi connectivity index (χ1v) is 5.97. The van der Waals surface area contributed by atoms with Gasteiger partial charge in [-0.25, -0.2) is 4.79 Å². The van der Waals surface area contributed by atoms with Crippen LogP contribution in [0.4, 0.5) is 0 Å². The van der Waals surface area contributed by atoms with Crippen molar-refractivity contribution < 1.29 is 19.4 Å². The summed E-state index contributed by atoms with van der Waals surface area (Å²) in [5.74, 6) is 5.28. The molecule has 0 amide bonds. The van der Waals surface area contributed by atoms with Gasteiger partial charge in [0.2, 0.25) is 0 Å². The zero-order valence-electron chi connectivity index (χ0n) is 11.4. The molecule has 1 atom stereocenters. The van der Waals surface area contributed by atoms with Gasteiger partial charge in [0.05, 0.1) is 19.3 Å². The molecule has 0 aliphatic rings. The van der Waals surface area contributed by atoms with Crippen molar-refractivity contribution in [3.05, 3.63) is 35.4 Å². The monoisotopic (exact) mass is 262 g/mol. The van der Waals surface area contributed by atoms with E-state index in [0.717, 1.165) is 5.56 Å². The van der Waals surface area contributed by atoms with Crippen molar-refractivity contribution in [2.45, 2.75) is 18.9 Å². The van der Waals surface area contributed by atoms with Crippen LogP contribution in [0.3, 0.4) is 0 Å². The zero-order valence-corrected chi connectivity index (χ0v) is 11.4. The maximum atomic E-state index is 11.3. The number of benzene rings is 1. The molecule has 0 saturated carbocycles. The van der Waals surface area contributed by atoms with Crippen LogP contribution in [0.1, 0.15) is 29.3 Å². The van der Waals surface area contributed by atoms with Crippen molar-refractivity contribution in [1.82, 2.24) is 0 Å². The van der Waals surface area contributed by atoms with E-state index in [2.05, 4.69) is 16.6 Å². The number of rotatable bonds is 4. The zero-order chi connectivity index (χ0) is 14.3. The van der Waals surface area contributed by atoms with Crippen LogP contribution < -0.4 is 0 Å². The topological polar surface area (TPSA) is 55.8 Å². The van der Waals surface area contributed by atoms with E-state index in [1.54, 1.807) is 24.3 Å². The van der Waals surface area contributed by atoms with Crippen LogP contribution in [0.5, 0.6) is 0 Å². The van der Waals surface area contributed by atoms with Gasteiger partial charge in [0, 0.05) is 12.7 Å². The van der Waals surface area contributed by atoms with Crippen LogP contribution in [0.25, 0.3) is 0 Å².